The molecule has 14 heteroatoms. The minimum Gasteiger partial charge on any atom is -0.508 e. The van der Waals surface area contributed by atoms with Crippen LogP contribution in [-0.2, 0) is 28.5 Å². The summed E-state index contributed by atoms with van der Waals surface area (Å²) in [6, 6.07) is 4.91. The van der Waals surface area contributed by atoms with Gasteiger partial charge in [0.05, 0.1) is 19.6 Å². The minimum absolute atomic E-state index is 0.0621. The number of phenols is 1. The maximum absolute atomic E-state index is 13.1. The standard InChI is InChI=1S/C21H26O14/c22-6-12-14(27)15(28)16(29)18(33-12)35-21-17(11(24)7-32-21)34-19(30)20(21,31)10(5-13(25)26)8-1-3-9(23)4-2-8/h1-4,10-12,14-18,22-24,27-29,31H,5-7H2,(H,25,26)/t10-,11+,12-,14-,15+,16-,17-,18+,20-,21-/m1/s1. The molecular formula is C21H26O14. The van der Waals surface area contributed by atoms with Gasteiger partial charge in [-0.2, -0.15) is 0 Å². The van der Waals surface area contributed by atoms with Crippen molar-refractivity contribution in [3.8, 4) is 5.75 Å². The van der Waals surface area contributed by atoms with Gasteiger partial charge in [-0.3, -0.25) is 4.79 Å². The number of fused-ring (bicyclic) bond motifs is 1. The zero-order valence-electron chi connectivity index (χ0n) is 18.1. The van der Waals surface area contributed by atoms with E-state index in [1.165, 1.54) is 24.3 Å². The number of hydrogen-bond donors (Lipinski definition) is 8. The van der Waals surface area contributed by atoms with Crippen molar-refractivity contribution in [3.05, 3.63) is 29.8 Å². The lowest BCUT2D eigenvalue weighted by atomic mass is 9.74. The summed E-state index contributed by atoms with van der Waals surface area (Å²) in [7, 11) is 0. The summed E-state index contributed by atoms with van der Waals surface area (Å²) in [5.74, 6) is -7.27. The fourth-order valence-electron chi connectivity index (χ4n) is 4.76. The highest BCUT2D eigenvalue weighted by molar-refractivity contribution is 5.87. The second-order valence-electron chi connectivity index (χ2n) is 8.70. The Balaban J connectivity index is 1.80. The predicted molar refractivity (Wildman–Crippen MR) is 107 cm³/mol. The van der Waals surface area contributed by atoms with Gasteiger partial charge in [-0.15, -0.1) is 0 Å². The highest BCUT2D eigenvalue weighted by atomic mass is 16.8. The molecule has 0 saturated carbocycles. The number of rotatable bonds is 7. The number of benzene rings is 1. The Bertz CT molecular complexity index is 952. The molecule has 3 heterocycles. The summed E-state index contributed by atoms with van der Waals surface area (Å²) >= 11 is 0. The van der Waals surface area contributed by atoms with Crippen molar-refractivity contribution >= 4 is 11.9 Å². The molecule has 0 aromatic heterocycles. The van der Waals surface area contributed by atoms with Crippen LogP contribution in [0.15, 0.2) is 24.3 Å². The number of esters is 1. The highest BCUT2D eigenvalue weighted by Crippen LogP contribution is 2.54. The third-order valence-corrected chi connectivity index (χ3v) is 6.59. The quantitative estimate of drug-likeness (QED) is 0.169. The smallest absolute Gasteiger partial charge is 0.345 e. The van der Waals surface area contributed by atoms with Crippen molar-refractivity contribution in [1.82, 2.24) is 0 Å². The third kappa shape index (κ3) is 3.96. The molecule has 0 aliphatic carbocycles. The van der Waals surface area contributed by atoms with Crippen LogP contribution in [0.5, 0.6) is 5.75 Å². The average molecular weight is 502 g/mol. The fourth-order valence-corrected chi connectivity index (χ4v) is 4.76. The molecule has 35 heavy (non-hydrogen) atoms. The molecule has 1 aromatic rings. The molecule has 14 nitrogen and oxygen atoms in total. The van der Waals surface area contributed by atoms with Crippen molar-refractivity contribution in [3.63, 3.8) is 0 Å². The first-order chi connectivity index (χ1) is 16.5. The van der Waals surface area contributed by atoms with Crippen molar-refractivity contribution in [2.75, 3.05) is 13.2 Å². The van der Waals surface area contributed by atoms with Gasteiger partial charge in [0.25, 0.3) is 5.79 Å². The molecule has 4 rings (SSSR count). The first-order valence-corrected chi connectivity index (χ1v) is 10.7. The molecule has 3 saturated heterocycles. The van der Waals surface area contributed by atoms with Crippen LogP contribution in [0.25, 0.3) is 0 Å². The van der Waals surface area contributed by atoms with Gasteiger partial charge in [0, 0.05) is 5.92 Å². The molecule has 194 valence electrons. The SMILES string of the molecule is O=C(O)C[C@H](c1ccc(O)cc1)[C@@]1(O)C(=O)O[C@@H]2[C@@H](O)CO[C@@]21O[C@@H]1O[C@H](CO)[C@@H](O)[C@H](O)[C@H]1O. The molecule has 3 aliphatic rings. The number of aromatic hydroxyl groups is 1. The predicted octanol–water partition coefficient (Wildman–Crippen LogP) is -3.49. The van der Waals surface area contributed by atoms with Crippen LogP contribution in [0.1, 0.15) is 17.9 Å². The summed E-state index contributed by atoms with van der Waals surface area (Å²) in [6.45, 7) is -1.34. The van der Waals surface area contributed by atoms with E-state index in [0.717, 1.165) is 0 Å². The number of aliphatic hydroxyl groups is 6. The van der Waals surface area contributed by atoms with Crippen LogP contribution in [-0.4, -0.2) is 120 Å². The van der Waals surface area contributed by atoms with Gasteiger partial charge in [-0.1, -0.05) is 12.1 Å². The Kier molecular flexibility index (Phi) is 6.78. The van der Waals surface area contributed by atoms with Gasteiger partial charge in [0.15, 0.2) is 12.4 Å². The monoisotopic (exact) mass is 502 g/mol. The number of phenolic OH excluding ortho intramolecular Hbond substituents is 1. The molecule has 1 aromatic carbocycles. The van der Waals surface area contributed by atoms with Gasteiger partial charge in [-0.05, 0) is 17.7 Å². The van der Waals surface area contributed by atoms with Crippen molar-refractivity contribution < 1.29 is 69.4 Å². The highest BCUT2D eigenvalue weighted by Gasteiger charge is 2.78. The Morgan fingerprint density at radius 2 is 1.77 bits per heavy atom. The van der Waals surface area contributed by atoms with Crippen LogP contribution < -0.4 is 0 Å². The van der Waals surface area contributed by atoms with E-state index < -0.39 is 91.8 Å². The Morgan fingerprint density at radius 3 is 2.37 bits per heavy atom. The summed E-state index contributed by atoms with van der Waals surface area (Å²) in [5.41, 5.74) is -2.88. The number of carboxylic acids is 1. The van der Waals surface area contributed by atoms with E-state index in [-0.39, 0.29) is 11.3 Å². The van der Waals surface area contributed by atoms with Gasteiger partial charge in [0.1, 0.15) is 36.3 Å². The summed E-state index contributed by atoms with van der Waals surface area (Å²) in [6.07, 6.45) is -13.1. The Labute approximate surface area is 197 Å². The van der Waals surface area contributed by atoms with Gasteiger partial charge in [-0.25, -0.2) is 4.79 Å². The van der Waals surface area contributed by atoms with E-state index in [4.69, 9.17) is 18.9 Å². The molecule has 0 bridgehead atoms. The van der Waals surface area contributed by atoms with E-state index >= 15 is 0 Å². The van der Waals surface area contributed by atoms with E-state index in [1.807, 2.05) is 0 Å². The van der Waals surface area contributed by atoms with Gasteiger partial charge < -0.3 is 59.8 Å². The summed E-state index contributed by atoms with van der Waals surface area (Å²) < 4.78 is 21.8. The number of ether oxygens (including phenoxy) is 4. The number of aliphatic hydroxyl groups excluding tert-OH is 5. The Morgan fingerprint density at radius 1 is 1.11 bits per heavy atom. The van der Waals surface area contributed by atoms with Crippen molar-refractivity contribution in [2.45, 2.75) is 66.6 Å². The topological polar surface area (TPSA) is 233 Å². The third-order valence-electron chi connectivity index (χ3n) is 6.59. The molecule has 0 radical (unpaired) electrons. The largest absolute Gasteiger partial charge is 0.508 e. The fraction of sp³-hybridized carbons (Fsp3) is 0.619. The minimum atomic E-state index is -2.94. The molecule has 3 fully saturated rings. The number of hydrogen-bond acceptors (Lipinski definition) is 13. The number of carboxylic acid groups (broad SMARTS) is 1. The summed E-state index contributed by atoms with van der Waals surface area (Å²) in [5, 5.41) is 81.4. The molecule has 0 amide bonds. The number of carbonyl (C=O) groups is 2. The van der Waals surface area contributed by atoms with E-state index in [0.29, 0.717) is 0 Å². The number of carbonyl (C=O) groups excluding carboxylic acids is 1. The first kappa shape index (κ1) is 25.7. The van der Waals surface area contributed by atoms with Crippen molar-refractivity contribution in [1.29, 1.82) is 0 Å². The second kappa shape index (κ2) is 9.24. The first-order valence-electron chi connectivity index (χ1n) is 10.7. The summed E-state index contributed by atoms with van der Waals surface area (Å²) in [4.78, 5) is 24.8. The van der Waals surface area contributed by atoms with Crippen LogP contribution in [0, 0.1) is 0 Å². The molecule has 3 aliphatic heterocycles. The van der Waals surface area contributed by atoms with Crippen LogP contribution >= 0.6 is 0 Å². The molecule has 8 N–H and O–H groups in total. The molecule has 10 atom stereocenters. The maximum atomic E-state index is 13.1. The normalized spacial score (nSPS) is 41.9. The van der Waals surface area contributed by atoms with Crippen molar-refractivity contribution in [2.24, 2.45) is 0 Å². The second-order valence-corrected chi connectivity index (χ2v) is 8.70. The van der Waals surface area contributed by atoms with Crippen LogP contribution in [0.2, 0.25) is 0 Å². The molecule has 0 spiro atoms. The van der Waals surface area contributed by atoms with Crippen LogP contribution in [0.3, 0.4) is 0 Å². The zero-order valence-corrected chi connectivity index (χ0v) is 18.1. The molecular weight excluding hydrogens is 476 g/mol. The van der Waals surface area contributed by atoms with Crippen LogP contribution in [0.4, 0.5) is 0 Å². The lowest BCUT2D eigenvalue weighted by Crippen LogP contribution is -2.67. The lowest BCUT2D eigenvalue weighted by molar-refractivity contribution is -0.391. The van der Waals surface area contributed by atoms with E-state index in [2.05, 4.69) is 0 Å². The van der Waals surface area contributed by atoms with E-state index in [9.17, 15) is 50.4 Å². The lowest BCUT2D eigenvalue weighted by Gasteiger charge is -2.46. The van der Waals surface area contributed by atoms with Gasteiger partial charge >= 0.3 is 11.9 Å². The average Bonchev–Trinajstić information content (AvgIpc) is 3.24. The maximum Gasteiger partial charge on any atom is 0.345 e. The molecule has 0 unspecified atom stereocenters. The Hall–Kier alpha value is -2.40. The zero-order chi connectivity index (χ0) is 25.7. The van der Waals surface area contributed by atoms with Gasteiger partial charge in [0.2, 0.25) is 5.60 Å². The number of aliphatic carboxylic acids is 1. The van der Waals surface area contributed by atoms with E-state index in [1.54, 1.807) is 0 Å².